The maximum absolute atomic E-state index is 13.1. The van der Waals surface area contributed by atoms with Crippen LogP contribution >= 0.6 is 11.8 Å². The monoisotopic (exact) mass is 468 g/mol. The first-order valence-corrected chi connectivity index (χ1v) is 14.3. The van der Waals surface area contributed by atoms with E-state index in [1.165, 1.54) is 66.0 Å². The Bertz CT molecular complexity index is 927. The van der Waals surface area contributed by atoms with E-state index in [0.717, 1.165) is 12.3 Å². The van der Waals surface area contributed by atoms with Crippen LogP contribution in [-0.4, -0.2) is 20.0 Å². The molecule has 172 valence electrons. The molecular formula is C27H36N2OS2. The minimum absolute atomic E-state index is 0.175. The molecule has 3 aliphatic rings. The fourth-order valence-electron chi connectivity index (χ4n) is 5.46. The molecule has 0 bridgehead atoms. The van der Waals surface area contributed by atoms with Gasteiger partial charge in [-0.05, 0) is 106 Å². The van der Waals surface area contributed by atoms with Crippen molar-refractivity contribution in [1.29, 1.82) is 0 Å². The lowest BCUT2D eigenvalue weighted by Crippen LogP contribution is -2.46. The van der Waals surface area contributed by atoms with Crippen molar-refractivity contribution >= 4 is 23.1 Å². The van der Waals surface area contributed by atoms with Crippen molar-refractivity contribution in [2.75, 3.05) is 5.75 Å². The van der Waals surface area contributed by atoms with E-state index in [4.69, 9.17) is 4.98 Å². The molecule has 1 aromatic carbocycles. The molecule has 1 heterocycles. The maximum Gasteiger partial charge on any atom is 0.136 e. The van der Waals surface area contributed by atoms with Crippen LogP contribution in [0, 0.1) is 11.3 Å². The third-order valence-corrected chi connectivity index (χ3v) is 10.4. The van der Waals surface area contributed by atoms with E-state index in [1.54, 1.807) is 0 Å². The first-order chi connectivity index (χ1) is 15.3. The third kappa shape index (κ3) is 4.77. The van der Waals surface area contributed by atoms with Gasteiger partial charge in [0.2, 0.25) is 0 Å². The van der Waals surface area contributed by atoms with Crippen molar-refractivity contribution in [1.82, 2.24) is 9.71 Å². The molecule has 2 fully saturated rings. The van der Waals surface area contributed by atoms with E-state index in [2.05, 4.69) is 68.1 Å². The van der Waals surface area contributed by atoms with Crippen LogP contribution in [0.5, 0.6) is 0 Å². The van der Waals surface area contributed by atoms with Crippen LogP contribution in [0.1, 0.15) is 87.9 Å². The molecule has 1 aromatic heterocycles. The van der Waals surface area contributed by atoms with Crippen LogP contribution < -0.4 is 4.72 Å². The fourth-order valence-corrected chi connectivity index (χ4v) is 7.43. The van der Waals surface area contributed by atoms with Gasteiger partial charge in [0.1, 0.15) is 4.75 Å². The minimum atomic E-state index is -1.07. The van der Waals surface area contributed by atoms with Crippen molar-refractivity contribution in [2.45, 2.75) is 87.4 Å². The molecule has 5 rings (SSSR count). The van der Waals surface area contributed by atoms with Gasteiger partial charge in [-0.2, -0.15) is 0 Å². The van der Waals surface area contributed by atoms with E-state index >= 15 is 0 Å². The van der Waals surface area contributed by atoms with Crippen LogP contribution in [0.2, 0.25) is 0 Å². The zero-order valence-corrected chi connectivity index (χ0v) is 21.2. The van der Waals surface area contributed by atoms with Crippen LogP contribution in [0.25, 0.3) is 0 Å². The lowest BCUT2D eigenvalue weighted by Gasteiger charge is -2.42. The molecule has 1 N–H and O–H groups in total. The number of benzene rings is 1. The Hall–Kier alpha value is -1.01. The number of aromatic nitrogens is 1. The highest BCUT2D eigenvalue weighted by atomic mass is 32.2. The van der Waals surface area contributed by atoms with Crippen LogP contribution in [0.4, 0.5) is 0 Å². The molecule has 3 nitrogen and oxygen atoms in total. The number of thioether (sulfide) groups is 1. The number of nitrogens with one attached hydrogen (secondary N) is 1. The summed E-state index contributed by atoms with van der Waals surface area (Å²) in [6, 6.07) is 13.5. The Morgan fingerprint density at radius 1 is 1.09 bits per heavy atom. The molecule has 3 aliphatic carbocycles. The summed E-state index contributed by atoms with van der Waals surface area (Å²) in [6.07, 6.45) is 10.7. The highest BCUT2D eigenvalue weighted by molar-refractivity contribution is 7.99. The quantitative estimate of drug-likeness (QED) is 0.384. The Balaban J connectivity index is 1.28. The minimum Gasteiger partial charge on any atom is -0.598 e. The van der Waals surface area contributed by atoms with Gasteiger partial charge in [-0.1, -0.05) is 30.3 Å². The standard InChI is InChI=1S/C27H36N2OS2/c1-26(2,3)32(30)29-25-23-7-5-4-6-21(23)16-27(25)14-12-20(13-15-27)22-10-11-24(28-17-22)31-18-19-8-9-19/h4-7,10-11,17,19-20,25,29H,8-9,12-16,18H2,1-3H3/t20-,25-,27+,32+/m0/s1. The van der Waals surface area contributed by atoms with Crippen molar-refractivity contribution in [3.8, 4) is 0 Å². The largest absolute Gasteiger partial charge is 0.598 e. The Morgan fingerprint density at radius 2 is 1.84 bits per heavy atom. The summed E-state index contributed by atoms with van der Waals surface area (Å²) in [7, 11) is 0. The average Bonchev–Trinajstić information content (AvgIpc) is 3.57. The second-order valence-corrected chi connectivity index (χ2v) is 14.2. The predicted octanol–water partition coefficient (Wildman–Crippen LogP) is 6.58. The average molecular weight is 469 g/mol. The highest BCUT2D eigenvalue weighted by Gasteiger charge is 2.50. The highest BCUT2D eigenvalue weighted by Crippen LogP contribution is 2.56. The predicted molar refractivity (Wildman–Crippen MR) is 135 cm³/mol. The van der Waals surface area contributed by atoms with Gasteiger partial charge in [-0.25, -0.2) is 4.98 Å². The summed E-state index contributed by atoms with van der Waals surface area (Å²) in [4.78, 5) is 4.77. The van der Waals surface area contributed by atoms with Gasteiger partial charge >= 0.3 is 0 Å². The molecule has 0 radical (unpaired) electrons. The van der Waals surface area contributed by atoms with Crippen molar-refractivity contribution in [3.05, 3.63) is 59.3 Å². The number of hydrogen-bond donors (Lipinski definition) is 1. The van der Waals surface area contributed by atoms with Crippen LogP contribution in [0.15, 0.2) is 47.6 Å². The van der Waals surface area contributed by atoms with Crippen LogP contribution in [-0.2, 0) is 17.8 Å². The number of hydrogen-bond acceptors (Lipinski definition) is 4. The Kier molecular flexibility index (Phi) is 6.39. The number of pyridine rings is 1. The molecule has 0 aliphatic heterocycles. The van der Waals surface area contributed by atoms with E-state index in [-0.39, 0.29) is 16.2 Å². The molecule has 32 heavy (non-hydrogen) atoms. The van der Waals surface area contributed by atoms with Gasteiger partial charge in [0.25, 0.3) is 0 Å². The lowest BCUT2D eigenvalue weighted by atomic mass is 9.66. The molecule has 2 saturated carbocycles. The Labute approximate surface area is 200 Å². The van der Waals surface area contributed by atoms with Gasteiger partial charge in [0.05, 0.1) is 11.1 Å². The van der Waals surface area contributed by atoms with Gasteiger partial charge in [0.15, 0.2) is 0 Å². The van der Waals surface area contributed by atoms with Gasteiger partial charge in [-0.15, -0.1) is 16.5 Å². The van der Waals surface area contributed by atoms with E-state index in [1.807, 2.05) is 11.8 Å². The summed E-state index contributed by atoms with van der Waals surface area (Å²) in [5.74, 6) is 2.75. The van der Waals surface area contributed by atoms with Crippen LogP contribution in [0.3, 0.4) is 0 Å². The van der Waals surface area contributed by atoms with Gasteiger partial charge in [-0.3, -0.25) is 0 Å². The summed E-state index contributed by atoms with van der Waals surface area (Å²) in [5, 5.41) is 1.17. The fraction of sp³-hybridized carbons (Fsp3) is 0.593. The Morgan fingerprint density at radius 3 is 2.50 bits per heavy atom. The smallest absolute Gasteiger partial charge is 0.136 e. The molecule has 1 spiro atoms. The van der Waals surface area contributed by atoms with E-state index in [9.17, 15) is 4.55 Å². The SMILES string of the molecule is CC(C)(C)[S@@+]([O-])N[C@H]1c2ccccc2C[C@]12CC[C@H](c1ccc(SCC3CC3)nc1)CC2. The summed E-state index contributed by atoms with van der Waals surface area (Å²) in [5.41, 5.74) is 4.37. The molecule has 0 amide bonds. The zero-order valence-electron chi connectivity index (χ0n) is 19.6. The zero-order chi connectivity index (χ0) is 22.3. The van der Waals surface area contributed by atoms with E-state index < -0.39 is 11.4 Å². The number of fused-ring (bicyclic) bond motifs is 1. The maximum atomic E-state index is 13.1. The molecule has 2 atom stereocenters. The van der Waals surface area contributed by atoms with Gasteiger partial charge < -0.3 is 4.55 Å². The third-order valence-electron chi connectivity index (χ3n) is 7.68. The number of rotatable bonds is 6. The molecule has 5 heteroatoms. The normalized spacial score (nSPS) is 28.6. The molecule has 2 aromatic rings. The van der Waals surface area contributed by atoms with Crippen molar-refractivity contribution in [3.63, 3.8) is 0 Å². The summed E-state index contributed by atoms with van der Waals surface area (Å²) in [6.45, 7) is 6.17. The summed E-state index contributed by atoms with van der Waals surface area (Å²) >= 11 is 0.841. The van der Waals surface area contributed by atoms with Crippen molar-refractivity contribution < 1.29 is 4.55 Å². The molecule has 0 unspecified atom stereocenters. The molecule has 0 saturated heterocycles. The topological polar surface area (TPSA) is 48.0 Å². The molecular weight excluding hydrogens is 432 g/mol. The summed E-state index contributed by atoms with van der Waals surface area (Å²) < 4.78 is 16.4. The first kappa shape index (κ1) is 22.8. The van der Waals surface area contributed by atoms with Gasteiger partial charge in [0, 0.05) is 23.3 Å². The first-order valence-electron chi connectivity index (χ1n) is 12.2. The van der Waals surface area contributed by atoms with Crippen molar-refractivity contribution in [2.24, 2.45) is 11.3 Å². The lowest BCUT2D eigenvalue weighted by molar-refractivity contribution is 0.140. The second-order valence-electron chi connectivity index (χ2n) is 11.1. The second kappa shape index (κ2) is 8.98. The van der Waals surface area contributed by atoms with E-state index in [0.29, 0.717) is 5.92 Å². The number of nitrogens with zero attached hydrogens (tertiary/aromatic N) is 1.